The number of nitrogens with zero attached hydrogens (tertiary/aromatic N) is 2. The summed E-state index contributed by atoms with van der Waals surface area (Å²) >= 11 is 0. The summed E-state index contributed by atoms with van der Waals surface area (Å²) in [5.74, 6) is 0.829. The zero-order chi connectivity index (χ0) is 6.69. The van der Waals surface area contributed by atoms with Gasteiger partial charge in [0.15, 0.2) is 11.6 Å². The Morgan fingerprint density at radius 3 is 3.11 bits per heavy atom. The Morgan fingerprint density at radius 2 is 2.67 bits per heavy atom. The highest BCUT2D eigenvalue weighted by Crippen LogP contribution is 2.03. The summed E-state index contributed by atoms with van der Waals surface area (Å²) in [7, 11) is 0. The molecule has 0 saturated heterocycles. The highest BCUT2D eigenvalue weighted by atomic mass is 16.5. The van der Waals surface area contributed by atoms with Crippen LogP contribution >= 0.6 is 0 Å². The van der Waals surface area contributed by atoms with Crippen LogP contribution in [-0.4, -0.2) is 5.16 Å². The van der Waals surface area contributed by atoms with Crippen molar-refractivity contribution in [2.45, 2.75) is 6.42 Å². The quantitative estimate of drug-likeness (QED) is 0.583. The number of anilines is 1. The van der Waals surface area contributed by atoms with E-state index < -0.39 is 0 Å². The maximum absolute atomic E-state index is 8.15. The summed E-state index contributed by atoms with van der Waals surface area (Å²) in [6.07, 6.45) is 0.226. The van der Waals surface area contributed by atoms with Gasteiger partial charge in [0.05, 0.1) is 12.5 Å². The van der Waals surface area contributed by atoms with Crippen LogP contribution in [0, 0.1) is 11.3 Å². The second kappa shape index (κ2) is 2.18. The van der Waals surface area contributed by atoms with Crippen LogP contribution in [0.15, 0.2) is 10.6 Å². The van der Waals surface area contributed by atoms with Gasteiger partial charge in [0.25, 0.3) is 0 Å². The first-order chi connectivity index (χ1) is 4.33. The minimum Gasteiger partial charge on any atom is -0.381 e. The van der Waals surface area contributed by atoms with Gasteiger partial charge in [-0.3, -0.25) is 0 Å². The molecule has 0 fully saturated rings. The van der Waals surface area contributed by atoms with Crippen molar-refractivity contribution in [1.82, 2.24) is 5.16 Å². The first-order valence-electron chi connectivity index (χ1n) is 2.41. The summed E-state index contributed by atoms with van der Waals surface area (Å²) in [5, 5.41) is 11.5. The number of nitrogen functional groups attached to an aromatic ring is 1. The van der Waals surface area contributed by atoms with Crippen molar-refractivity contribution >= 4 is 5.82 Å². The van der Waals surface area contributed by atoms with Crippen molar-refractivity contribution in [3.63, 3.8) is 0 Å². The van der Waals surface area contributed by atoms with Gasteiger partial charge in [-0.2, -0.15) is 5.26 Å². The first-order valence-corrected chi connectivity index (χ1v) is 2.41. The Hall–Kier alpha value is -1.50. The molecule has 1 aromatic heterocycles. The Labute approximate surface area is 51.9 Å². The summed E-state index contributed by atoms with van der Waals surface area (Å²) in [6, 6.07) is 3.44. The van der Waals surface area contributed by atoms with Crippen molar-refractivity contribution in [2.24, 2.45) is 0 Å². The number of hydrogen-bond acceptors (Lipinski definition) is 4. The van der Waals surface area contributed by atoms with Crippen molar-refractivity contribution in [3.05, 3.63) is 11.8 Å². The van der Waals surface area contributed by atoms with E-state index in [-0.39, 0.29) is 6.42 Å². The minimum atomic E-state index is 0.226. The normalized spacial score (nSPS) is 8.78. The van der Waals surface area contributed by atoms with Gasteiger partial charge < -0.3 is 10.3 Å². The number of nitriles is 1. The molecule has 0 spiro atoms. The van der Waals surface area contributed by atoms with E-state index in [9.17, 15) is 0 Å². The average molecular weight is 123 g/mol. The SMILES string of the molecule is N#CCc1cc(N)no1. The van der Waals surface area contributed by atoms with Gasteiger partial charge >= 0.3 is 0 Å². The molecule has 9 heavy (non-hydrogen) atoms. The fourth-order valence-electron chi connectivity index (χ4n) is 0.490. The third-order valence-electron chi connectivity index (χ3n) is 0.830. The first kappa shape index (κ1) is 5.63. The van der Waals surface area contributed by atoms with Crippen molar-refractivity contribution in [1.29, 1.82) is 5.26 Å². The second-order valence-corrected chi connectivity index (χ2v) is 1.55. The zero-order valence-corrected chi connectivity index (χ0v) is 4.66. The number of nitrogens with two attached hydrogens (primary N) is 1. The van der Waals surface area contributed by atoms with E-state index in [1.165, 1.54) is 6.07 Å². The molecule has 0 aromatic carbocycles. The van der Waals surface area contributed by atoms with Gasteiger partial charge in [0, 0.05) is 6.07 Å². The highest BCUT2D eigenvalue weighted by Gasteiger charge is 1.97. The number of hydrogen-bond donors (Lipinski definition) is 1. The maximum atomic E-state index is 8.15. The monoisotopic (exact) mass is 123 g/mol. The molecule has 4 heteroatoms. The molecular formula is C5H5N3O. The molecule has 0 saturated carbocycles. The Morgan fingerprint density at radius 1 is 1.89 bits per heavy atom. The van der Waals surface area contributed by atoms with Gasteiger partial charge in [0.1, 0.15) is 0 Å². The van der Waals surface area contributed by atoms with E-state index in [2.05, 4.69) is 9.68 Å². The molecule has 0 aliphatic rings. The Kier molecular flexibility index (Phi) is 1.36. The fourth-order valence-corrected chi connectivity index (χ4v) is 0.490. The summed E-state index contributed by atoms with van der Waals surface area (Å²) in [6.45, 7) is 0. The predicted molar refractivity (Wildman–Crippen MR) is 30.2 cm³/mol. The summed E-state index contributed by atoms with van der Waals surface area (Å²) in [5.41, 5.74) is 5.19. The molecule has 0 radical (unpaired) electrons. The molecule has 2 N–H and O–H groups in total. The molecule has 0 atom stereocenters. The molecule has 0 amide bonds. The van der Waals surface area contributed by atoms with Crippen LogP contribution in [0.25, 0.3) is 0 Å². The molecule has 0 aliphatic carbocycles. The lowest BCUT2D eigenvalue weighted by molar-refractivity contribution is 0.394. The summed E-state index contributed by atoms with van der Waals surface area (Å²) < 4.78 is 4.61. The van der Waals surface area contributed by atoms with Gasteiger partial charge in [-0.1, -0.05) is 5.16 Å². The van der Waals surface area contributed by atoms with Crippen LogP contribution in [-0.2, 0) is 6.42 Å². The van der Waals surface area contributed by atoms with Crippen LogP contribution in [0.5, 0.6) is 0 Å². The third kappa shape index (κ3) is 1.19. The number of aromatic nitrogens is 1. The van der Waals surface area contributed by atoms with Crippen molar-refractivity contribution in [3.8, 4) is 6.07 Å². The molecular weight excluding hydrogens is 118 g/mol. The third-order valence-corrected chi connectivity index (χ3v) is 0.830. The van der Waals surface area contributed by atoms with E-state index in [0.717, 1.165) is 0 Å². The largest absolute Gasteiger partial charge is 0.381 e. The predicted octanol–water partition coefficient (Wildman–Crippen LogP) is 0.323. The van der Waals surface area contributed by atoms with Gasteiger partial charge in [-0.05, 0) is 0 Å². The lowest BCUT2D eigenvalue weighted by Crippen LogP contribution is -1.80. The minimum absolute atomic E-state index is 0.226. The Balaban J connectivity index is 2.76. The lowest BCUT2D eigenvalue weighted by atomic mass is 10.3. The van der Waals surface area contributed by atoms with Crippen LogP contribution < -0.4 is 5.73 Å². The molecule has 1 rings (SSSR count). The van der Waals surface area contributed by atoms with Crippen LogP contribution in [0.3, 0.4) is 0 Å². The summed E-state index contributed by atoms with van der Waals surface area (Å²) in [4.78, 5) is 0. The average Bonchev–Trinajstić information content (AvgIpc) is 2.17. The van der Waals surface area contributed by atoms with Gasteiger partial charge in [-0.15, -0.1) is 0 Å². The van der Waals surface area contributed by atoms with E-state index in [4.69, 9.17) is 11.0 Å². The van der Waals surface area contributed by atoms with Crippen LogP contribution in [0.2, 0.25) is 0 Å². The fraction of sp³-hybridized carbons (Fsp3) is 0.200. The molecule has 4 nitrogen and oxygen atoms in total. The smallest absolute Gasteiger partial charge is 0.167 e. The Bertz CT molecular complexity index is 235. The second-order valence-electron chi connectivity index (χ2n) is 1.55. The van der Waals surface area contributed by atoms with E-state index in [0.29, 0.717) is 11.6 Å². The van der Waals surface area contributed by atoms with Gasteiger partial charge in [0.2, 0.25) is 0 Å². The zero-order valence-electron chi connectivity index (χ0n) is 4.66. The molecule has 0 bridgehead atoms. The lowest BCUT2D eigenvalue weighted by Gasteiger charge is -1.74. The highest BCUT2D eigenvalue weighted by molar-refractivity contribution is 5.27. The van der Waals surface area contributed by atoms with Crippen molar-refractivity contribution in [2.75, 3.05) is 5.73 Å². The van der Waals surface area contributed by atoms with Gasteiger partial charge in [-0.25, -0.2) is 0 Å². The maximum Gasteiger partial charge on any atom is 0.167 e. The molecule has 1 heterocycles. The van der Waals surface area contributed by atoms with Crippen molar-refractivity contribution < 1.29 is 4.52 Å². The molecule has 0 unspecified atom stereocenters. The van der Waals surface area contributed by atoms with Crippen LogP contribution in [0.1, 0.15) is 5.76 Å². The molecule has 0 aliphatic heterocycles. The van der Waals surface area contributed by atoms with E-state index in [1.807, 2.05) is 6.07 Å². The standard InChI is InChI=1S/C5H5N3O/c6-2-1-4-3-5(7)8-9-4/h3H,1H2,(H2,7,8). The van der Waals surface area contributed by atoms with E-state index in [1.54, 1.807) is 0 Å². The molecule has 46 valence electrons. The topological polar surface area (TPSA) is 75.8 Å². The molecule has 1 aromatic rings. The van der Waals surface area contributed by atoms with E-state index >= 15 is 0 Å². The number of rotatable bonds is 1. The van der Waals surface area contributed by atoms with Crippen LogP contribution in [0.4, 0.5) is 5.82 Å².